The van der Waals surface area contributed by atoms with E-state index in [1.165, 1.54) is 4.90 Å². The summed E-state index contributed by atoms with van der Waals surface area (Å²) in [6.45, 7) is 0. The molecule has 4 rings (SSSR count). The lowest BCUT2D eigenvalue weighted by molar-refractivity contribution is 0.102. The van der Waals surface area contributed by atoms with Crippen molar-refractivity contribution >= 4 is 28.6 Å². The smallest absolute Gasteiger partial charge is 0.286 e. The lowest BCUT2D eigenvalue weighted by Gasteiger charge is -2.13. The van der Waals surface area contributed by atoms with Crippen molar-refractivity contribution in [3.05, 3.63) is 71.5 Å². The van der Waals surface area contributed by atoms with Gasteiger partial charge in [-0.2, -0.15) is 5.10 Å². The number of nitrogens with zero attached hydrogens (tertiary/aromatic N) is 3. The molecule has 0 unspecified atom stereocenters. The predicted molar refractivity (Wildman–Crippen MR) is 115 cm³/mol. The zero-order chi connectivity index (χ0) is 20.4. The van der Waals surface area contributed by atoms with E-state index in [1.807, 2.05) is 53.2 Å². The molecule has 1 aliphatic rings. The molecule has 0 fully saturated rings. The summed E-state index contributed by atoms with van der Waals surface area (Å²) in [4.78, 5) is 27.4. The van der Waals surface area contributed by atoms with Gasteiger partial charge in [-0.1, -0.05) is 30.3 Å². The molecular weight excluding hydrogens is 384 g/mol. The SMILES string of the molecule is CN(C)C(=O)Sc1ccccc1NC(=O)c1nn(-c2ccccc2)c2c1CCC2. The van der Waals surface area contributed by atoms with Gasteiger partial charge < -0.3 is 10.2 Å². The van der Waals surface area contributed by atoms with E-state index in [1.54, 1.807) is 20.2 Å². The van der Waals surface area contributed by atoms with Crippen LogP contribution in [-0.2, 0) is 12.8 Å². The van der Waals surface area contributed by atoms with Crippen LogP contribution >= 0.6 is 11.8 Å². The Morgan fingerprint density at radius 2 is 1.76 bits per heavy atom. The van der Waals surface area contributed by atoms with Crippen molar-refractivity contribution < 1.29 is 9.59 Å². The van der Waals surface area contributed by atoms with E-state index in [9.17, 15) is 9.59 Å². The molecule has 7 heteroatoms. The van der Waals surface area contributed by atoms with E-state index < -0.39 is 0 Å². The van der Waals surface area contributed by atoms with Crippen LogP contribution in [0.25, 0.3) is 5.69 Å². The summed E-state index contributed by atoms with van der Waals surface area (Å²) in [6, 6.07) is 17.2. The Kier molecular flexibility index (Phi) is 5.40. The predicted octanol–water partition coefficient (Wildman–Crippen LogP) is 4.39. The maximum Gasteiger partial charge on any atom is 0.286 e. The third-order valence-corrected chi connectivity index (χ3v) is 5.96. The number of thioether (sulfide) groups is 1. The Hall–Kier alpha value is -3.06. The number of hydrogen-bond acceptors (Lipinski definition) is 4. The van der Waals surface area contributed by atoms with Crippen molar-refractivity contribution in [3.8, 4) is 5.69 Å². The van der Waals surface area contributed by atoms with Gasteiger partial charge in [-0.3, -0.25) is 9.59 Å². The molecule has 6 nitrogen and oxygen atoms in total. The van der Waals surface area contributed by atoms with Crippen LogP contribution in [0, 0.1) is 0 Å². The van der Waals surface area contributed by atoms with Crippen LogP contribution in [0.3, 0.4) is 0 Å². The Labute approximate surface area is 173 Å². The lowest BCUT2D eigenvalue weighted by atomic mass is 10.2. The first-order valence-electron chi connectivity index (χ1n) is 9.50. The fourth-order valence-electron chi connectivity index (χ4n) is 3.43. The monoisotopic (exact) mass is 406 g/mol. The summed E-state index contributed by atoms with van der Waals surface area (Å²) in [7, 11) is 3.41. The van der Waals surface area contributed by atoms with Crippen molar-refractivity contribution in [2.45, 2.75) is 24.2 Å². The standard InChI is InChI=1S/C22H22N4O2S/c1-25(2)22(28)29-19-14-7-6-12-17(19)23-21(27)20-16-11-8-13-18(16)26(24-20)15-9-4-3-5-10-15/h3-7,9-10,12,14H,8,11,13H2,1-2H3,(H,23,27). The number of nitrogens with one attached hydrogen (secondary N) is 1. The van der Waals surface area contributed by atoms with Crippen LogP contribution in [0.4, 0.5) is 10.5 Å². The molecule has 0 saturated heterocycles. The molecule has 0 radical (unpaired) electrons. The Morgan fingerprint density at radius 3 is 2.52 bits per heavy atom. The minimum absolute atomic E-state index is 0.0963. The first-order valence-corrected chi connectivity index (χ1v) is 10.3. The van der Waals surface area contributed by atoms with E-state index in [0.29, 0.717) is 16.3 Å². The number of rotatable bonds is 4. The Balaban J connectivity index is 1.63. The highest BCUT2D eigenvalue weighted by atomic mass is 32.2. The first kappa shape index (κ1) is 19.3. The summed E-state index contributed by atoms with van der Waals surface area (Å²) < 4.78 is 1.88. The number of carbonyl (C=O) groups excluding carboxylic acids is 2. The molecule has 2 amide bonds. The van der Waals surface area contributed by atoms with E-state index in [2.05, 4.69) is 10.4 Å². The molecule has 1 aromatic heterocycles. The van der Waals surface area contributed by atoms with Gasteiger partial charge in [0, 0.05) is 30.2 Å². The minimum atomic E-state index is -0.247. The van der Waals surface area contributed by atoms with Gasteiger partial charge >= 0.3 is 0 Å². The van der Waals surface area contributed by atoms with Crippen LogP contribution in [-0.4, -0.2) is 39.9 Å². The summed E-state index contributed by atoms with van der Waals surface area (Å²) in [5.41, 5.74) is 4.14. The number of hydrogen-bond donors (Lipinski definition) is 1. The molecule has 0 spiro atoms. The second-order valence-electron chi connectivity index (χ2n) is 7.09. The zero-order valence-electron chi connectivity index (χ0n) is 16.4. The van der Waals surface area contributed by atoms with Gasteiger partial charge in [0.05, 0.1) is 11.4 Å². The van der Waals surface area contributed by atoms with Crippen molar-refractivity contribution in [2.75, 3.05) is 19.4 Å². The molecule has 0 saturated carbocycles. The van der Waals surface area contributed by atoms with Crippen LogP contribution in [0.2, 0.25) is 0 Å². The van der Waals surface area contributed by atoms with Gasteiger partial charge in [0.25, 0.3) is 11.1 Å². The van der Waals surface area contributed by atoms with Gasteiger partial charge in [-0.25, -0.2) is 4.68 Å². The highest BCUT2D eigenvalue weighted by molar-refractivity contribution is 8.13. The highest BCUT2D eigenvalue weighted by Crippen LogP contribution is 2.31. The van der Waals surface area contributed by atoms with Crippen molar-refractivity contribution in [1.82, 2.24) is 14.7 Å². The minimum Gasteiger partial charge on any atom is -0.339 e. The summed E-state index contributed by atoms with van der Waals surface area (Å²) >= 11 is 1.09. The van der Waals surface area contributed by atoms with E-state index in [-0.39, 0.29) is 11.1 Å². The van der Waals surface area contributed by atoms with Crippen molar-refractivity contribution in [2.24, 2.45) is 0 Å². The van der Waals surface area contributed by atoms with Gasteiger partial charge in [0.15, 0.2) is 5.69 Å². The number of anilines is 1. The second kappa shape index (κ2) is 8.13. The van der Waals surface area contributed by atoms with Crippen LogP contribution in [0.15, 0.2) is 59.5 Å². The molecule has 29 heavy (non-hydrogen) atoms. The highest BCUT2D eigenvalue weighted by Gasteiger charge is 2.27. The fraction of sp³-hybridized carbons (Fsp3) is 0.227. The number of aromatic nitrogens is 2. The van der Waals surface area contributed by atoms with Gasteiger partial charge in [-0.15, -0.1) is 0 Å². The topological polar surface area (TPSA) is 67.2 Å². The lowest BCUT2D eigenvalue weighted by Crippen LogP contribution is -2.18. The third-order valence-electron chi connectivity index (χ3n) is 4.84. The second-order valence-corrected chi connectivity index (χ2v) is 8.08. The van der Waals surface area contributed by atoms with Gasteiger partial charge in [-0.05, 0) is 55.3 Å². The number of para-hydroxylation sites is 2. The summed E-state index contributed by atoms with van der Waals surface area (Å²) in [6.07, 6.45) is 2.78. The average molecular weight is 407 g/mol. The van der Waals surface area contributed by atoms with Crippen molar-refractivity contribution in [3.63, 3.8) is 0 Å². The molecule has 1 N–H and O–H groups in total. The molecular formula is C22H22N4O2S. The molecule has 1 aliphatic carbocycles. The largest absolute Gasteiger partial charge is 0.339 e. The Morgan fingerprint density at radius 1 is 1.03 bits per heavy atom. The maximum atomic E-state index is 13.1. The van der Waals surface area contributed by atoms with E-state index >= 15 is 0 Å². The number of fused-ring (bicyclic) bond motifs is 1. The normalized spacial score (nSPS) is 12.5. The Bertz CT molecular complexity index is 1060. The fourth-order valence-corrected chi connectivity index (χ4v) is 4.17. The van der Waals surface area contributed by atoms with Crippen LogP contribution in [0.1, 0.15) is 28.2 Å². The van der Waals surface area contributed by atoms with Gasteiger partial charge in [0.1, 0.15) is 0 Å². The van der Waals surface area contributed by atoms with Crippen molar-refractivity contribution in [1.29, 1.82) is 0 Å². The molecule has 1 heterocycles. The maximum absolute atomic E-state index is 13.1. The molecule has 3 aromatic rings. The third kappa shape index (κ3) is 3.91. The van der Waals surface area contributed by atoms with Crippen LogP contribution in [0.5, 0.6) is 0 Å². The van der Waals surface area contributed by atoms with Crippen LogP contribution < -0.4 is 5.32 Å². The van der Waals surface area contributed by atoms with Gasteiger partial charge in [0.2, 0.25) is 0 Å². The number of amides is 2. The average Bonchev–Trinajstić information content (AvgIpc) is 3.32. The zero-order valence-corrected chi connectivity index (χ0v) is 17.2. The molecule has 0 atom stereocenters. The summed E-state index contributed by atoms with van der Waals surface area (Å²) in [5, 5.41) is 7.50. The molecule has 2 aromatic carbocycles. The quantitative estimate of drug-likeness (QED) is 0.653. The number of benzene rings is 2. The molecule has 0 aliphatic heterocycles. The number of carbonyl (C=O) groups is 2. The van der Waals surface area contributed by atoms with E-state index in [4.69, 9.17) is 0 Å². The summed E-state index contributed by atoms with van der Waals surface area (Å²) in [5.74, 6) is -0.247. The molecule has 0 bridgehead atoms. The van der Waals surface area contributed by atoms with E-state index in [0.717, 1.165) is 48.0 Å². The first-order chi connectivity index (χ1) is 14.0. The molecule has 148 valence electrons.